The van der Waals surface area contributed by atoms with Gasteiger partial charge < -0.3 is 0 Å². The fourth-order valence-corrected chi connectivity index (χ4v) is 5.19. The SMILES string of the molecule is CCN1C[C@]2([N+](=O)[O-])c3ccccc3C(=O)[C@]([N+](=O)[O-])(C1)[C@@H]2CC(=O)c1ccccc1. The van der Waals surface area contributed by atoms with E-state index in [1.54, 1.807) is 54.3 Å². The smallest absolute Gasteiger partial charge is 0.294 e. The second-order valence-electron chi connectivity index (χ2n) is 8.09. The Balaban J connectivity index is 1.99. The molecule has 4 rings (SSSR count). The molecule has 2 aliphatic rings. The molecule has 31 heavy (non-hydrogen) atoms. The van der Waals surface area contributed by atoms with E-state index >= 15 is 0 Å². The number of fused-ring (bicyclic) bond motifs is 4. The molecule has 1 aliphatic carbocycles. The lowest BCUT2D eigenvalue weighted by Gasteiger charge is -2.50. The Labute approximate surface area is 178 Å². The predicted octanol–water partition coefficient (Wildman–Crippen LogP) is 2.60. The minimum absolute atomic E-state index is 0.00457. The van der Waals surface area contributed by atoms with E-state index in [4.69, 9.17) is 0 Å². The van der Waals surface area contributed by atoms with Crippen LogP contribution in [0.15, 0.2) is 54.6 Å². The number of piperidine rings is 1. The molecule has 1 saturated heterocycles. The maximum Gasteiger partial charge on any atom is 0.306 e. The Morgan fingerprint density at radius 3 is 2.19 bits per heavy atom. The topological polar surface area (TPSA) is 124 Å². The van der Waals surface area contributed by atoms with Crippen LogP contribution in [0.3, 0.4) is 0 Å². The number of Topliss-reactive ketones (excluding diaryl/α,β-unsaturated/α-hetero) is 2. The third kappa shape index (κ3) is 2.80. The largest absolute Gasteiger partial charge is 0.306 e. The highest BCUT2D eigenvalue weighted by Gasteiger charge is 2.77. The van der Waals surface area contributed by atoms with Crippen LogP contribution in [0.2, 0.25) is 0 Å². The number of likely N-dealkylation sites (N-methyl/N-ethyl adjacent to an activating group) is 1. The van der Waals surface area contributed by atoms with Gasteiger partial charge in [0.1, 0.15) is 5.92 Å². The minimum atomic E-state index is -2.28. The van der Waals surface area contributed by atoms with Gasteiger partial charge in [0.15, 0.2) is 5.78 Å². The van der Waals surface area contributed by atoms with Crippen molar-refractivity contribution in [2.75, 3.05) is 19.6 Å². The van der Waals surface area contributed by atoms with Crippen LogP contribution in [0.1, 0.15) is 39.6 Å². The average Bonchev–Trinajstić information content (AvgIpc) is 2.78. The molecule has 0 spiro atoms. The van der Waals surface area contributed by atoms with Crippen LogP contribution in [0.5, 0.6) is 0 Å². The van der Waals surface area contributed by atoms with Gasteiger partial charge in [-0.3, -0.25) is 34.7 Å². The van der Waals surface area contributed by atoms with Gasteiger partial charge in [-0.2, -0.15) is 0 Å². The first-order chi connectivity index (χ1) is 14.8. The van der Waals surface area contributed by atoms with Gasteiger partial charge in [-0.15, -0.1) is 0 Å². The summed E-state index contributed by atoms with van der Waals surface area (Å²) < 4.78 is 0. The lowest BCUT2D eigenvalue weighted by atomic mass is 9.56. The highest BCUT2D eigenvalue weighted by atomic mass is 16.6. The number of hydrogen-bond donors (Lipinski definition) is 0. The number of likely N-dealkylation sites (tertiary alicyclic amines) is 1. The van der Waals surface area contributed by atoms with Crippen molar-refractivity contribution in [1.29, 1.82) is 0 Å². The Kier molecular flexibility index (Phi) is 4.93. The average molecular weight is 423 g/mol. The molecule has 0 saturated carbocycles. The molecule has 0 aromatic heterocycles. The van der Waals surface area contributed by atoms with Gasteiger partial charge in [0, 0.05) is 33.0 Å². The summed E-state index contributed by atoms with van der Waals surface area (Å²) in [5.41, 5.74) is -3.78. The fourth-order valence-electron chi connectivity index (χ4n) is 5.19. The third-order valence-corrected chi connectivity index (χ3v) is 6.70. The van der Waals surface area contributed by atoms with E-state index in [9.17, 15) is 29.8 Å². The molecule has 0 radical (unpaired) electrons. The fraction of sp³-hybridized carbons (Fsp3) is 0.364. The maximum atomic E-state index is 13.5. The van der Waals surface area contributed by atoms with E-state index in [1.807, 2.05) is 0 Å². The quantitative estimate of drug-likeness (QED) is 0.397. The number of hydrogen-bond acceptors (Lipinski definition) is 7. The standard InChI is InChI=1S/C22H21N3O6/c1-2-23-13-21(24(28)29)17-11-7-6-10-16(17)20(27)22(14-23,25(30)31)19(21)12-18(26)15-8-4-3-5-9-15/h3-11,19H,2,12-14H2,1H3/t19-,21+,22+/m1/s1. The molecule has 2 aromatic carbocycles. The zero-order valence-electron chi connectivity index (χ0n) is 16.9. The molecule has 1 fully saturated rings. The summed E-state index contributed by atoms with van der Waals surface area (Å²) in [5.74, 6) is -2.64. The van der Waals surface area contributed by atoms with Crippen LogP contribution in [0, 0.1) is 26.1 Å². The summed E-state index contributed by atoms with van der Waals surface area (Å²) in [6.07, 6.45) is -0.469. The number of ketones is 2. The van der Waals surface area contributed by atoms with Crippen LogP contribution in [-0.2, 0) is 5.54 Å². The normalized spacial score (nSPS) is 27.4. The van der Waals surface area contributed by atoms with Crippen LogP contribution < -0.4 is 0 Å². The van der Waals surface area contributed by atoms with Crippen molar-refractivity contribution in [2.24, 2.45) is 5.92 Å². The van der Waals surface area contributed by atoms with Gasteiger partial charge in [0.2, 0.25) is 5.78 Å². The van der Waals surface area contributed by atoms with Crippen LogP contribution >= 0.6 is 0 Å². The number of carbonyl (C=O) groups is 2. The van der Waals surface area contributed by atoms with Gasteiger partial charge in [0.05, 0.1) is 13.1 Å². The molecule has 1 aliphatic heterocycles. The molecule has 0 N–H and O–H groups in total. The second-order valence-corrected chi connectivity index (χ2v) is 8.09. The molecule has 0 unspecified atom stereocenters. The van der Waals surface area contributed by atoms with Crippen LogP contribution in [0.4, 0.5) is 0 Å². The first-order valence-electron chi connectivity index (χ1n) is 10.0. The van der Waals surface area contributed by atoms with E-state index in [-0.39, 0.29) is 24.2 Å². The van der Waals surface area contributed by atoms with E-state index in [1.165, 1.54) is 12.1 Å². The van der Waals surface area contributed by atoms with Crippen molar-refractivity contribution in [3.63, 3.8) is 0 Å². The molecular formula is C22H21N3O6. The van der Waals surface area contributed by atoms with E-state index in [0.717, 1.165) is 0 Å². The molecule has 0 amide bonds. The highest BCUT2D eigenvalue weighted by Crippen LogP contribution is 2.53. The molecule has 9 heteroatoms. The minimum Gasteiger partial charge on any atom is -0.294 e. The third-order valence-electron chi connectivity index (χ3n) is 6.70. The van der Waals surface area contributed by atoms with Gasteiger partial charge in [0.25, 0.3) is 5.54 Å². The highest BCUT2D eigenvalue weighted by molar-refractivity contribution is 6.07. The Morgan fingerprint density at radius 1 is 1.00 bits per heavy atom. The Morgan fingerprint density at radius 2 is 1.58 bits per heavy atom. The van der Waals surface area contributed by atoms with Crippen molar-refractivity contribution >= 4 is 11.6 Å². The van der Waals surface area contributed by atoms with Crippen LogP contribution in [0.25, 0.3) is 0 Å². The second kappa shape index (κ2) is 7.35. The zero-order chi connectivity index (χ0) is 22.4. The first kappa shape index (κ1) is 20.8. The van der Waals surface area contributed by atoms with Crippen LogP contribution in [-0.4, -0.2) is 51.5 Å². The molecular weight excluding hydrogens is 402 g/mol. The van der Waals surface area contributed by atoms with E-state index < -0.39 is 44.8 Å². The summed E-state index contributed by atoms with van der Waals surface area (Å²) in [5, 5.41) is 25.1. The summed E-state index contributed by atoms with van der Waals surface area (Å²) in [6.45, 7) is 1.66. The summed E-state index contributed by atoms with van der Waals surface area (Å²) in [4.78, 5) is 52.1. The van der Waals surface area contributed by atoms with Crippen molar-refractivity contribution in [3.8, 4) is 0 Å². The predicted molar refractivity (Wildman–Crippen MR) is 110 cm³/mol. The number of nitro groups is 2. The first-order valence-corrected chi connectivity index (χ1v) is 10.0. The van der Waals surface area contributed by atoms with Crippen molar-refractivity contribution < 1.29 is 19.4 Å². The van der Waals surface area contributed by atoms with Crippen molar-refractivity contribution in [1.82, 2.24) is 4.90 Å². The molecule has 9 nitrogen and oxygen atoms in total. The molecule has 160 valence electrons. The van der Waals surface area contributed by atoms with Crippen molar-refractivity contribution in [2.45, 2.75) is 24.4 Å². The number of benzene rings is 2. The molecule has 1 heterocycles. The summed E-state index contributed by atoms with van der Waals surface area (Å²) in [6, 6.07) is 14.2. The molecule has 2 aromatic rings. The van der Waals surface area contributed by atoms with Gasteiger partial charge >= 0.3 is 5.54 Å². The summed E-state index contributed by atoms with van der Waals surface area (Å²) >= 11 is 0. The number of carbonyl (C=O) groups excluding carboxylic acids is 2. The number of rotatable bonds is 6. The summed E-state index contributed by atoms with van der Waals surface area (Å²) in [7, 11) is 0. The van der Waals surface area contributed by atoms with Gasteiger partial charge in [-0.05, 0) is 6.54 Å². The Bertz CT molecular complexity index is 1090. The number of nitrogens with zero attached hydrogens (tertiary/aromatic N) is 3. The monoisotopic (exact) mass is 423 g/mol. The van der Waals surface area contributed by atoms with Crippen molar-refractivity contribution in [3.05, 3.63) is 91.5 Å². The lowest BCUT2D eigenvalue weighted by molar-refractivity contribution is -0.640. The maximum absolute atomic E-state index is 13.5. The van der Waals surface area contributed by atoms with E-state index in [0.29, 0.717) is 12.1 Å². The van der Waals surface area contributed by atoms with Gasteiger partial charge in [-0.1, -0.05) is 61.5 Å². The molecule has 2 bridgehead atoms. The van der Waals surface area contributed by atoms with Gasteiger partial charge in [-0.25, -0.2) is 0 Å². The van der Waals surface area contributed by atoms with E-state index in [2.05, 4.69) is 0 Å². The Hall–Kier alpha value is -3.46. The molecule has 3 atom stereocenters. The zero-order valence-corrected chi connectivity index (χ0v) is 16.9. The lowest BCUT2D eigenvalue weighted by Crippen LogP contribution is -2.75.